The molecule has 46 heavy (non-hydrogen) atoms. The van der Waals surface area contributed by atoms with E-state index in [2.05, 4.69) is 39.6 Å². The van der Waals surface area contributed by atoms with E-state index < -0.39 is 24.0 Å². The molecule has 3 aromatic carbocycles. The first-order valence-electron chi connectivity index (χ1n) is 15.6. The first-order valence-corrected chi connectivity index (χ1v) is 16.4. The molecule has 11 nitrogen and oxygen atoms in total. The Morgan fingerprint density at radius 3 is 2.61 bits per heavy atom. The van der Waals surface area contributed by atoms with Crippen molar-refractivity contribution in [3.05, 3.63) is 77.3 Å². The van der Waals surface area contributed by atoms with E-state index >= 15 is 0 Å². The number of rotatable bonds is 12. The normalized spacial score (nSPS) is 18.5. The molecule has 3 atom stereocenters. The fraction of sp³-hybridized carbons (Fsp3) is 0.353. The minimum absolute atomic E-state index is 0.0500. The number of guanidine groups is 1. The summed E-state index contributed by atoms with van der Waals surface area (Å²) in [7, 11) is 0. The summed E-state index contributed by atoms with van der Waals surface area (Å²) < 4.78 is 0.870. The molecule has 1 unspecified atom stereocenters. The fourth-order valence-electron chi connectivity index (χ4n) is 6.52. The van der Waals surface area contributed by atoms with Crippen LogP contribution in [0.25, 0.3) is 21.0 Å². The number of hydrogen-bond donors (Lipinski definition) is 3. The number of nitrogens with two attached hydrogens (primary N) is 2. The summed E-state index contributed by atoms with van der Waals surface area (Å²) in [6.07, 6.45) is 2.97. The summed E-state index contributed by atoms with van der Waals surface area (Å²) in [5.41, 5.74) is 12.8. The van der Waals surface area contributed by atoms with Gasteiger partial charge in [-0.1, -0.05) is 54.6 Å². The predicted molar refractivity (Wildman–Crippen MR) is 178 cm³/mol. The van der Waals surface area contributed by atoms with Crippen LogP contribution in [0.3, 0.4) is 0 Å². The third-order valence-corrected chi connectivity index (χ3v) is 9.79. The summed E-state index contributed by atoms with van der Waals surface area (Å²) in [5.74, 6) is -1.20. The number of carbonyl (C=O) groups is 4. The lowest BCUT2D eigenvalue weighted by Crippen LogP contribution is -2.62. The average molecular weight is 640 g/mol. The predicted octanol–water partition coefficient (Wildman–Crippen LogP) is 3.01. The number of fused-ring (bicyclic) bond motifs is 3. The number of nitrogens with one attached hydrogen (secondary N) is 1. The van der Waals surface area contributed by atoms with E-state index in [1.54, 1.807) is 4.90 Å². The molecule has 2 fully saturated rings. The van der Waals surface area contributed by atoms with Crippen molar-refractivity contribution in [3.63, 3.8) is 0 Å². The van der Waals surface area contributed by atoms with Gasteiger partial charge >= 0.3 is 0 Å². The molecule has 0 bridgehead atoms. The first kappa shape index (κ1) is 31.2. The molecule has 4 aromatic rings. The van der Waals surface area contributed by atoms with Crippen molar-refractivity contribution in [2.24, 2.45) is 16.5 Å². The number of aliphatic imine (C=N–C) groups is 1. The molecule has 5 N–H and O–H groups in total. The highest BCUT2D eigenvalue weighted by atomic mass is 32.1. The number of Topliss-reactive ketones (excluding diaryl/α,β-unsaturated/α-hetero) is 1. The van der Waals surface area contributed by atoms with Gasteiger partial charge in [0.05, 0.1) is 22.8 Å². The molecule has 3 amide bonds. The number of ketones is 1. The van der Waals surface area contributed by atoms with Gasteiger partial charge in [0, 0.05) is 13.1 Å². The highest BCUT2D eigenvalue weighted by Crippen LogP contribution is 2.30. The number of hydrogen-bond acceptors (Lipinski definition) is 7. The number of aromatic nitrogens is 1. The summed E-state index contributed by atoms with van der Waals surface area (Å²) >= 11 is 1.27. The maximum absolute atomic E-state index is 13.7. The molecule has 0 radical (unpaired) electrons. The maximum Gasteiger partial charge on any atom is 0.245 e. The molecule has 3 heterocycles. The third-order valence-electron chi connectivity index (χ3n) is 8.74. The molecule has 12 heteroatoms. The zero-order valence-electron chi connectivity index (χ0n) is 25.4. The quantitative estimate of drug-likeness (QED) is 0.0928. The lowest BCUT2D eigenvalue weighted by molar-refractivity contribution is -0.157. The Balaban J connectivity index is 1.10. The average Bonchev–Trinajstić information content (AvgIpc) is 3.70. The maximum atomic E-state index is 13.7. The molecule has 0 aliphatic carbocycles. The van der Waals surface area contributed by atoms with Gasteiger partial charge in [-0.3, -0.25) is 24.2 Å². The number of para-hydroxylation sites is 1. The zero-order valence-corrected chi connectivity index (χ0v) is 26.2. The highest BCUT2D eigenvalue weighted by molar-refractivity contribution is 7.20. The van der Waals surface area contributed by atoms with Crippen molar-refractivity contribution >= 4 is 61.8 Å². The number of aryl methyl sites for hydroxylation is 1. The third kappa shape index (κ3) is 6.57. The first-order chi connectivity index (χ1) is 22.3. The molecule has 2 aliphatic heterocycles. The van der Waals surface area contributed by atoms with Gasteiger partial charge in [0.2, 0.25) is 23.5 Å². The van der Waals surface area contributed by atoms with Crippen molar-refractivity contribution < 1.29 is 19.2 Å². The van der Waals surface area contributed by atoms with Gasteiger partial charge in [-0.25, -0.2) is 4.98 Å². The Morgan fingerprint density at radius 2 is 1.78 bits per heavy atom. The number of nitrogens with zero attached hydrogens (tertiary/aromatic N) is 4. The summed E-state index contributed by atoms with van der Waals surface area (Å²) in [6, 6.07) is 19.5. The van der Waals surface area contributed by atoms with Crippen LogP contribution in [0.15, 0.2) is 71.7 Å². The van der Waals surface area contributed by atoms with Crippen LogP contribution in [0.1, 0.15) is 47.5 Å². The Kier molecular flexibility index (Phi) is 9.25. The van der Waals surface area contributed by atoms with Crippen LogP contribution >= 0.6 is 11.3 Å². The van der Waals surface area contributed by atoms with Crippen LogP contribution in [0.4, 0.5) is 0 Å². The van der Waals surface area contributed by atoms with E-state index in [0.717, 1.165) is 17.5 Å². The number of benzene rings is 3. The Labute approximate surface area is 270 Å². The van der Waals surface area contributed by atoms with E-state index in [1.165, 1.54) is 32.6 Å². The molecule has 2 saturated heterocycles. The van der Waals surface area contributed by atoms with E-state index in [1.807, 2.05) is 42.5 Å². The second kappa shape index (κ2) is 13.7. The molecule has 2 aliphatic rings. The summed E-state index contributed by atoms with van der Waals surface area (Å²) in [6.45, 7) is 0.688. The number of amides is 3. The Hall–Kier alpha value is -4.84. The molecule has 0 saturated carbocycles. The van der Waals surface area contributed by atoms with Gasteiger partial charge < -0.3 is 26.6 Å². The Morgan fingerprint density at radius 1 is 1.00 bits per heavy atom. The van der Waals surface area contributed by atoms with Crippen LogP contribution in [-0.4, -0.2) is 82.0 Å². The Bertz CT molecular complexity index is 1780. The smallest absolute Gasteiger partial charge is 0.245 e. The minimum Gasteiger partial charge on any atom is -0.370 e. The van der Waals surface area contributed by atoms with Crippen molar-refractivity contribution in [3.8, 4) is 0 Å². The monoisotopic (exact) mass is 639 g/mol. The molecule has 0 spiro atoms. The van der Waals surface area contributed by atoms with Crippen LogP contribution in [0.2, 0.25) is 0 Å². The number of carbonyl (C=O) groups excluding carboxylic acids is 4. The van der Waals surface area contributed by atoms with Crippen molar-refractivity contribution in [2.45, 2.75) is 56.7 Å². The number of piperazine rings is 1. The molecule has 6 rings (SSSR count). The minimum atomic E-state index is -0.887. The second-order valence-electron chi connectivity index (χ2n) is 11.8. The lowest BCUT2D eigenvalue weighted by atomic mass is 10.0. The molecular weight excluding hydrogens is 602 g/mol. The van der Waals surface area contributed by atoms with Gasteiger partial charge in [-0.15, -0.1) is 11.3 Å². The molecule has 1 aromatic heterocycles. The molecular formula is C34H37N7O4S. The lowest BCUT2D eigenvalue weighted by Gasteiger charge is -2.38. The van der Waals surface area contributed by atoms with Gasteiger partial charge in [0.25, 0.3) is 0 Å². The topological polar surface area (TPSA) is 164 Å². The van der Waals surface area contributed by atoms with Crippen molar-refractivity contribution in [2.75, 3.05) is 19.6 Å². The number of thiazole rings is 1. The highest BCUT2D eigenvalue weighted by Gasteiger charge is 2.49. The van der Waals surface area contributed by atoms with Crippen molar-refractivity contribution in [1.29, 1.82) is 0 Å². The SMILES string of the molecule is NC(N)=NCCCC(NC(=O)[C@@H]1CC[C@H]2C(=O)N(CCCc3cccc4ccccc34)CC(=O)N12)C(=O)c1nc2ccccc2s1. The standard InChI is InChI=1S/C34H37N7O4S/c35-34(36)37-18-6-14-25(30(43)32-39-24-13-3-4-15-28(24)46-32)38-31(44)26-16-17-27-33(45)40(20-29(42)41(26)27)19-7-11-22-10-5-9-21-8-1-2-12-23(21)22/h1-5,8-10,12-13,15,25-27H,6-7,11,14,16-20H2,(H,38,44)(H4,35,36,37)/t25?,26-,27-/m0/s1. The zero-order chi connectivity index (χ0) is 32.2. The van der Waals surface area contributed by atoms with E-state index in [-0.39, 0.29) is 36.5 Å². The van der Waals surface area contributed by atoms with E-state index in [0.29, 0.717) is 42.9 Å². The fourth-order valence-corrected chi connectivity index (χ4v) is 7.48. The van der Waals surface area contributed by atoms with Gasteiger partial charge in [-0.2, -0.15) is 0 Å². The molecule has 238 valence electrons. The summed E-state index contributed by atoms with van der Waals surface area (Å²) in [4.78, 5) is 65.7. The second-order valence-corrected chi connectivity index (χ2v) is 12.8. The van der Waals surface area contributed by atoms with E-state index in [4.69, 9.17) is 11.5 Å². The largest absolute Gasteiger partial charge is 0.370 e. The summed E-state index contributed by atoms with van der Waals surface area (Å²) in [5, 5.41) is 5.54. The van der Waals surface area contributed by atoms with Crippen LogP contribution in [0, 0.1) is 0 Å². The van der Waals surface area contributed by atoms with Crippen LogP contribution in [-0.2, 0) is 20.8 Å². The van der Waals surface area contributed by atoms with Gasteiger partial charge in [0.1, 0.15) is 12.1 Å². The van der Waals surface area contributed by atoms with E-state index in [9.17, 15) is 19.2 Å². The van der Waals surface area contributed by atoms with Gasteiger partial charge in [0.15, 0.2) is 11.0 Å². The van der Waals surface area contributed by atoms with Crippen LogP contribution < -0.4 is 16.8 Å². The van der Waals surface area contributed by atoms with Crippen molar-refractivity contribution in [1.82, 2.24) is 20.1 Å². The van der Waals surface area contributed by atoms with Crippen LogP contribution in [0.5, 0.6) is 0 Å². The van der Waals surface area contributed by atoms with Gasteiger partial charge in [-0.05, 0) is 67.0 Å².